The molecule has 2 fully saturated rings. The van der Waals surface area contributed by atoms with Crippen LogP contribution in [0.1, 0.15) is 44.9 Å². The van der Waals surface area contributed by atoms with Gasteiger partial charge in [-0.2, -0.15) is 0 Å². The van der Waals surface area contributed by atoms with Crippen molar-refractivity contribution in [3.05, 3.63) is 0 Å². The van der Waals surface area contributed by atoms with Crippen molar-refractivity contribution in [3.8, 4) is 0 Å². The molecule has 0 saturated carbocycles. The van der Waals surface area contributed by atoms with Crippen LogP contribution in [0.15, 0.2) is 0 Å². The Morgan fingerprint density at radius 2 is 1.04 bits per heavy atom. The Bertz CT molecular complexity index is 330. The van der Waals surface area contributed by atoms with Crippen LogP contribution in [0.5, 0.6) is 0 Å². The lowest BCUT2D eigenvalue weighted by Crippen LogP contribution is -2.36. The highest BCUT2D eigenvalue weighted by atomic mass is 32.1. The van der Waals surface area contributed by atoms with Crippen molar-refractivity contribution in [1.29, 1.82) is 0 Å². The molecule has 23 heavy (non-hydrogen) atoms. The Morgan fingerprint density at radius 1 is 0.739 bits per heavy atom. The van der Waals surface area contributed by atoms with Crippen LogP contribution in [0, 0.1) is 11.8 Å². The molecule has 8 heteroatoms. The maximum Gasteiger partial charge on any atom is 0.133 e. The van der Waals surface area contributed by atoms with E-state index in [1.807, 2.05) is 0 Å². The van der Waals surface area contributed by atoms with E-state index in [9.17, 15) is 0 Å². The number of thiol groups is 2. The first-order chi connectivity index (χ1) is 10.1. The smallest absolute Gasteiger partial charge is 0.133 e. The summed E-state index contributed by atoms with van der Waals surface area (Å²) in [6.45, 7) is 4.41. The highest BCUT2D eigenvalue weighted by Gasteiger charge is 2.22. The third-order valence-corrected chi connectivity index (χ3v) is 6.08. The molecule has 0 aromatic rings. The van der Waals surface area contributed by atoms with E-state index < -0.39 is 0 Å². The van der Waals surface area contributed by atoms with E-state index in [1.165, 1.54) is 44.9 Å². The Balaban J connectivity index is 0.00000242. The van der Waals surface area contributed by atoms with Gasteiger partial charge in [0.2, 0.25) is 0 Å². The minimum absolute atomic E-state index is 0. The van der Waals surface area contributed by atoms with Crippen molar-refractivity contribution in [2.75, 3.05) is 26.2 Å². The summed E-state index contributed by atoms with van der Waals surface area (Å²) in [5.41, 5.74) is 0. The molecule has 0 amide bonds. The summed E-state index contributed by atoms with van der Waals surface area (Å²) in [5.74, 6) is 1.79. The summed E-state index contributed by atoms with van der Waals surface area (Å²) in [6, 6.07) is 0. The van der Waals surface area contributed by atoms with Crippen LogP contribution in [-0.2, 0) is 0 Å². The number of hydrogen-bond acceptors (Lipinski definition) is 4. The number of hydrogen-bond donors (Lipinski definition) is 4. The van der Waals surface area contributed by atoms with Crippen LogP contribution in [0.3, 0.4) is 0 Å². The van der Waals surface area contributed by atoms with Crippen molar-refractivity contribution in [2.45, 2.75) is 44.9 Å². The molecule has 4 nitrogen and oxygen atoms in total. The second-order valence-electron chi connectivity index (χ2n) is 6.36. The number of rotatable bonds is 4. The lowest BCUT2D eigenvalue weighted by Gasteiger charge is -2.34. The Hall–Kier alpha value is 0.400. The van der Waals surface area contributed by atoms with Gasteiger partial charge in [-0.25, -0.2) is 0 Å². The standard InChI is InChI=1S/C15H26N2S4.2H3N/c18-14(19)16-8-4-12(5-9-16)2-1-3-13-6-10-17(11-7-13)15(20)21;;/h12-13H,1-11H2,(H,18,19)(H,20,21);2*1H3. The molecule has 0 aromatic heterocycles. The zero-order valence-electron chi connectivity index (χ0n) is 14.0. The van der Waals surface area contributed by atoms with E-state index in [4.69, 9.17) is 24.4 Å². The van der Waals surface area contributed by atoms with Crippen molar-refractivity contribution in [3.63, 3.8) is 0 Å². The molecule has 2 rings (SSSR count). The van der Waals surface area contributed by atoms with Crippen LogP contribution in [0.2, 0.25) is 0 Å². The number of likely N-dealkylation sites (tertiary alicyclic amines) is 2. The maximum atomic E-state index is 5.13. The number of thiocarbonyl (C=S) groups is 2. The molecule has 2 saturated heterocycles. The van der Waals surface area contributed by atoms with Crippen molar-refractivity contribution >= 4 is 58.3 Å². The topological polar surface area (TPSA) is 76.5 Å². The van der Waals surface area contributed by atoms with Crippen LogP contribution in [0.4, 0.5) is 0 Å². The molecule has 0 unspecified atom stereocenters. The molecule has 0 aromatic carbocycles. The van der Waals surface area contributed by atoms with Crippen molar-refractivity contribution in [1.82, 2.24) is 22.1 Å². The summed E-state index contributed by atoms with van der Waals surface area (Å²) < 4.78 is 1.53. The minimum atomic E-state index is 0. The fraction of sp³-hybridized carbons (Fsp3) is 0.867. The lowest BCUT2D eigenvalue weighted by atomic mass is 9.87. The van der Waals surface area contributed by atoms with Gasteiger partial charge in [-0.15, -0.1) is 25.3 Å². The Kier molecular flexibility index (Phi) is 12.1. The molecular weight excluding hydrogens is 364 g/mol. The molecule has 0 atom stereocenters. The van der Waals surface area contributed by atoms with Crippen LogP contribution >= 0.6 is 49.7 Å². The van der Waals surface area contributed by atoms with Crippen LogP contribution in [-0.4, -0.2) is 44.6 Å². The summed E-state index contributed by atoms with van der Waals surface area (Å²) in [4.78, 5) is 4.45. The zero-order chi connectivity index (χ0) is 15.2. The van der Waals surface area contributed by atoms with Gasteiger partial charge in [-0.1, -0.05) is 43.7 Å². The summed E-state index contributed by atoms with van der Waals surface area (Å²) in [5, 5.41) is 0. The largest absolute Gasteiger partial charge is 0.358 e. The predicted octanol–water partition coefficient (Wildman–Crippen LogP) is 4.33. The van der Waals surface area contributed by atoms with Gasteiger partial charge < -0.3 is 22.1 Å². The molecule has 136 valence electrons. The first-order valence-electron chi connectivity index (χ1n) is 8.02. The second-order valence-corrected chi connectivity index (χ2v) is 8.58. The van der Waals surface area contributed by atoms with E-state index in [1.54, 1.807) is 0 Å². The number of piperidine rings is 2. The normalized spacial score (nSPS) is 19.7. The molecule has 0 aliphatic carbocycles. The van der Waals surface area contributed by atoms with Gasteiger partial charge >= 0.3 is 0 Å². The monoisotopic (exact) mass is 396 g/mol. The average molecular weight is 397 g/mol. The predicted molar refractivity (Wildman–Crippen MR) is 116 cm³/mol. The third kappa shape index (κ3) is 7.88. The van der Waals surface area contributed by atoms with Gasteiger partial charge in [0.25, 0.3) is 0 Å². The third-order valence-electron chi connectivity index (χ3n) is 4.99. The molecule has 2 heterocycles. The van der Waals surface area contributed by atoms with E-state index in [0.717, 1.165) is 46.7 Å². The quantitative estimate of drug-likeness (QED) is 0.418. The van der Waals surface area contributed by atoms with E-state index in [2.05, 4.69) is 35.1 Å². The molecular formula is C15H32N4S4. The summed E-state index contributed by atoms with van der Waals surface area (Å²) in [7, 11) is 0. The molecule has 0 bridgehead atoms. The van der Waals surface area contributed by atoms with Gasteiger partial charge in [0, 0.05) is 26.2 Å². The first kappa shape index (κ1) is 23.4. The van der Waals surface area contributed by atoms with Crippen molar-refractivity contribution < 1.29 is 0 Å². The number of nitrogens with zero attached hydrogens (tertiary/aromatic N) is 2. The molecule has 2 aliphatic heterocycles. The fourth-order valence-electron chi connectivity index (χ4n) is 3.52. The molecule has 6 N–H and O–H groups in total. The molecule has 0 radical (unpaired) electrons. The van der Waals surface area contributed by atoms with Gasteiger partial charge in [0.05, 0.1) is 0 Å². The first-order valence-corrected chi connectivity index (χ1v) is 9.73. The summed E-state index contributed by atoms with van der Waals surface area (Å²) >= 11 is 18.8. The molecule has 0 spiro atoms. The average Bonchev–Trinajstić information content (AvgIpc) is 2.48. The summed E-state index contributed by atoms with van der Waals surface area (Å²) in [6.07, 6.45) is 9.29. The fourth-order valence-corrected chi connectivity index (χ4v) is 4.29. The highest BCUT2D eigenvalue weighted by Crippen LogP contribution is 2.27. The SMILES string of the molecule is N.N.S=C(S)N1CCC(CCCC2CCN(C(=S)S)CC2)CC1. The van der Waals surface area contributed by atoms with E-state index in [0.29, 0.717) is 0 Å². The van der Waals surface area contributed by atoms with Gasteiger partial charge in [0.1, 0.15) is 8.64 Å². The van der Waals surface area contributed by atoms with Crippen LogP contribution in [0.25, 0.3) is 0 Å². The van der Waals surface area contributed by atoms with Gasteiger partial charge in [-0.05, 0) is 37.5 Å². The Morgan fingerprint density at radius 3 is 1.30 bits per heavy atom. The lowest BCUT2D eigenvalue weighted by molar-refractivity contribution is 0.232. The van der Waals surface area contributed by atoms with Gasteiger partial charge in [0.15, 0.2) is 0 Å². The minimum Gasteiger partial charge on any atom is -0.358 e. The van der Waals surface area contributed by atoms with Crippen molar-refractivity contribution in [2.24, 2.45) is 11.8 Å². The van der Waals surface area contributed by atoms with Gasteiger partial charge in [-0.3, -0.25) is 0 Å². The second kappa shape index (κ2) is 11.9. The zero-order valence-corrected chi connectivity index (χ0v) is 17.4. The highest BCUT2D eigenvalue weighted by molar-refractivity contribution is 8.11. The van der Waals surface area contributed by atoms with E-state index in [-0.39, 0.29) is 12.3 Å². The molecule has 2 aliphatic rings. The Labute approximate surface area is 163 Å². The van der Waals surface area contributed by atoms with E-state index >= 15 is 0 Å². The van der Waals surface area contributed by atoms with Crippen LogP contribution < -0.4 is 12.3 Å². The maximum absolute atomic E-state index is 5.13.